The summed E-state index contributed by atoms with van der Waals surface area (Å²) >= 11 is 0. The third kappa shape index (κ3) is 3.01. The Kier molecular flexibility index (Phi) is 4.86. The Morgan fingerprint density at radius 1 is 1.44 bits per heavy atom. The van der Waals surface area contributed by atoms with Crippen LogP contribution in [0, 0.1) is 5.82 Å². The molecular formula is C12H18FNO2. The highest BCUT2D eigenvalue weighted by molar-refractivity contribution is 5.24. The number of aliphatic hydroxyl groups is 1. The van der Waals surface area contributed by atoms with Crippen molar-refractivity contribution in [3.63, 3.8) is 0 Å². The second-order valence-electron chi connectivity index (χ2n) is 3.84. The molecule has 16 heavy (non-hydrogen) atoms. The Hall–Kier alpha value is -0.970. The predicted molar refractivity (Wildman–Crippen MR) is 60.5 cm³/mol. The highest BCUT2D eigenvalue weighted by atomic mass is 19.1. The molecule has 3 nitrogen and oxygen atoms in total. The van der Waals surface area contributed by atoms with Crippen LogP contribution in [0.25, 0.3) is 0 Å². The van der Waals surface area contributed by atoms with Gasteiger partial charge in [0.2, 0.25) is 0 Å². The fourth-order valence-electron chi connectivity index (χ4n) is 1.76. The summed E-state index contributed by atoms with van der Waals surface area (Å²) in [5, 5.41) is 10.4. The Bertz CT molecular complexity index is 333. The van der Waals surface area contributed by atoms with Gasteiger partial charge in [0.1, 0.15) is 11.4 Å². The molecule has 0 spiro atoms. The van der Waals surface area contributed by atoms with E-state index in [1.807, 2.05) is 0 Å². The third-order valence-electron chi connectivity index (χ3n) is 2.55. The minimum atomic E-state index is -1.29. The van der Waals surface area contributed by atoms with Crippen molar-refractivity contribution in [3.05, 3.63) is 35.6 Å². The highest BCUT2D eigenvalue weighted by Crippen LogP contribution is 2.28. The Labute approximate surface area is 95.0 Å². The van der Waals surface area contributed by atoms with Crippen molar-refractivity contribution in [1.82, 2.24) is 0 Å². The molecular weight excluding hydrogens is 209 g/mol. The van der Waals surface area contributed by atoms with Crippen molar-refractivity contribution in [2.75, 3.05) is 20.3 Å². The summed E-state index contributed by atoms with van der Waals surface area (Å²) in [6.07, 6.45) is 1.01. The van der Waals surface area contributed by atoms with Crippen LogP contribution < -0.4 is 5.73 Å². The summed E-state index contributed by atoms with van der Waals surface area (Å²) in [6, 6.07) is 6.19. The zero-order valence-electron chi connectivity index (χ0n) is 9.45. The van der Waals surface area contributed by atoms with Crippen LogP contribution in [-0.2, 0) is 10.3 Å². The van der Waals surface area contributed by atoms with Crippen molar-refractivity contribution in [1.29, 1.82) is 0 Å². The molecule has 0 aliphatic rings. The number of halogens is 1. The fourth-order valence-corrected chi connectivity index (χ4v) is 1.76. The second-order valence-corrected chi connectivity index (χ2v) is 3.84. The minimum absolute atomic E-state index is 0.0634. The van der Waals surface area contributed by atoms with Crippen molar-refractivity contribution in [2.45, 2.75) is 18.4 Å². The smallest absolute Gasteiger partial charge is 0.129 e. The van der Waals surface area contributed by atoms with Crippen LogP contribution in [0.5, 0.6) is 0 Å². The van der Waals surface area contributed by atoms with Crippen molar-refractivity contribution < 1.29 is 14.2 Å². The molecule has 4 heteroatoms. The molecule has 1 aromatic rings. The molecule has 1 atom stereocenters. The maximum Gasteiger partial charge on any atom is 0.129 e. The van der Waals surface area contributed by atoms with Crippen molar-refractivity contribution >= 4 is 0 Å². The lowest BCUT2D eigenvalue weighted by Crippen LogP contribution is -2.33. The molecule has 0 aliphatic carbocycles. The summed E-state index contributed by atoms with van der Waals surface area (Å²) in [6.45, 7) is 0.522. The van der Waals surface area contributed by atoms with Crippen LogP contribution in [0.4, 0.5) is 4.39 Å². The molecule has 1 unspecified atom stereocenters. The van der Waals surface area contributed by atoms with Gasteiger partial charge in [-0.25, -0.2) is 4.39 Å². The zero-order chi connectivity index (χ0) is 12.0. The van der Waals surface area contributed by atoms with E-state index in [1.165, 1.54) is 13.2 Å². The normalized spacial score (nSPS) is 14.8. The average Bonchev–Trinajstić information content (AvgIpc) is 2.27. The zero-order valence-corrected chi connectivity index (χ0v) is 9.45. The van der Waals surface area contributed by atoms with Crippen LogP contribution in [0.2, 0.25) is 0 Å². The number of nitrogens with two attached hydrogens (primary N) is 1. The van der Waals surface area contributed by atoms with E-state index in [1.54, 1.807) is 18.2 Å². The van der Waals surface area contributed by atoms with Crippen molar-refractivity contribution in [3.8, 4) is 0 Å². The second kappa shape index (κ2) is 5.94. The van der Waals surface area contributed by atoms with E-state index in [2.05, 4.69) is 0 Å². The van der Waals surface area contributed by atoms with E-state index in [4.69, 9.17) is 10.5 Å². The third-order valence-corrected chi connectivity index (χ3v) is 2.55. The van der Waals surface area contributed by atoms with E-state index >= 15 is 0 Å². The van der Waals surface area contributed by atoms with Crippen LogP contribution in [0.15, 0.2) is 24.3 Å². The highest BCUT2D eigenvalue weighted by Gasteiger charge is 2.31. The number of methoxy groups -OCH3 is 1. The molecule has 0 fully saturated rings. The van der Waals surface area contributed by atoms with Crippen LogP contribution in [0.1, 0.15) is 18.4 Å². The molecule has 0 radical (unpaired) electrons. The maximum absolute atomic E-state index is 13.6. The molecule has 0 heterocycles. The molecule has 0 saturated heterocycles. The van der Waals surface area contributed by atoms with E-state index in [0.717, 1.165) is 0 Å². The maximum atomic E-state index is 13.6. The first-order chi connectivity index (χ1) is 7.64. The van der Waals surface area contributed by atoms with Crippen LogP contribution in [-0.4, -0.2) is 25.4 Å². The SMILES string of the molecule is COCC(O)(CCCN)c1ccccc1F. The van der Waals surface area contributed by atoms with Gasteiger partial charge in [-0.3, -0.25) is 0 Å². The lowest BCUT2D eigenvalue weighted by Gasteiger charge is -2.28. The summed E-state index contributed by atoms with van der Waals surface area (Å²) in [7, 11) is 1.48. The van der Waals surface area contributed by atoms with E-state index in [0.29, 0.717) is 19.4 Å². The van der Waals surface area contributed by atoms with Gasteiger partial charge in [-0.15, -0.1) is 0 Å². The molecule has 0 aromatic heterocycles. The summed E-state index contributed by atoms with van der Waals surface area (Å²) in [5.74, 6) is -0.418. The first kappa shape index (κ1) is 13.1. The molecule has 1 rings (SSSR count). The van der Waals surface area contributed by atoms with Gasteiger partial charge in [0.05, 0.1) is 6.61 Å². The van der Waals surface area contributed by atoms with Gasteiger partial charge in [0.25, 0.3) is 0 Å². The lowest BCUT2D eigenvalue weighted by atomic mass is 9.89. The van der Waals surface area contributed by atoms with Gasteiger partial charge in [-0.2, -0.15) is 0 Å². The Morgan fingerprint density at radius 3 is 2.69 bits per heavy atom. The summed E-state index contributed by atoms with van der Waals surface area (Å²) in [5.41, 5.74) is 4.38. The molecule has 0 saturated carbocycles. The molecule has 0 amide bonds. The topological polar surface area (TPSA) is 55.5 Å². The molecule has 90 valence electrons. The monoisotopic (exact) mass is 227 g/mol. The van der Waals surface area contributed by atoms with Crippen LogP contribution in [0.3, 0.4) is 0 Å². The van der Waals surface area contributed by atoms with E-state index in [-0.39, 0.29) is 12.2 Å². The number of ether oxygens (including phenoxy) is 1. The molecule has 0 aliphatic heterocycles. The summed E-state index contributed by atoms with van der Waals surface area (Å²) in [4.78, 5) is 0. The Morgan fingerprint density at radius 2 is 2.12 bits per heavy atom. The summed E-state index contributed by atoms with van der Waals surface area (Å²) < 4.78 is 18.5. The lowest BCUT2D eigenvalue weighted by molar-refractivity contribution is -0.0453. The van der Waals surface area contributed by atoms with Gasteiger partial charge >= 0.3 is 0 Å². The molecule has 3 N–H and O–H groups in total. The number of hydrogen-bond acceptors (Lipinski definition) is 3. The van der Waals surface area contributed by atoms with Gasteiger partial charge in [0.15, 0.2) is 0 Å². The van der Waals surface area contributed by atoms with Gasteiger partial charge in [-0.1, -0.05) is 18.2 Å². The first-order valence-electron chi connectivity index (χ1n) is 5.30. The van der Waals surface area contributed by atoms with Crippen LogP contribution >= 0.6 is 0 Å². The first-order valence-corrected chi connectivity index (χ1v) is 5.30. The standard InChI is InChI=1S/C12H18FNO2/c1-16-9-12(15,7-4-8-14)10-5-2-3-6-11(10)13/h2-3,5-6,15H,4,7-9,14H2,1H3. The van der Waals surface area contributed by atoms with Gasteiger partial charge in [0, 0.05) is 12.7 Å². The Balaban J connectivity index is 2.96. The number of hydrogen-bond donors (Lipinski definition) is 2. The van der Waals surface area contributed by atoms with Crippen molar-refractivity contribution in [2.24, 2.45) is 5.73 Å². The molecule has 0 bridgehead atoms. The van der Waals surface area contributed by atoms with Gasteiger partial charge in [-0.05, 0) is 25.5 Å². The van der Waals surface area contributed by atoms with E-state index < -0.39 is 11.4 Å². The number of benzene rings is 1. The number of rotatable bonds is 6. The minimum Gasteiger partial charge on any atom is -0.383 e. The average molecular weight is 227 g/mol. The molecule has 1 aromatic carbocycles. The fraction of sp³-hybridized carbons (Fsp3) is 0.500. The van der Waals surface area contributed by atoms with E-state index in [9.17, 15) is 9.50 Å². The predicted octanol–water partition coefficient (Wildman–Crippen LogP) is 1.40. The largest absolute Gasteiger partial charge is 0.383 e. The quantitative estimate of drug-likeness (QED) is 0.772. The van der Waals surface area contributed by atoms with Gasteiger partial charge < -0.3 is 15.6 Å².